The van der Waals surface area contributed by atoms with Crippen LogP contribution in [-0.2, 0) is 0 Å². The average molecular weight is 384 g/mol. The third-order valence-electron chi connectivity index (χ3n) is 2.24. The molecule has 0 radical (unpaired) electrons. The largest absolute Gasteiger partial charge is 0.352 e. The standard InChI is InChI=1S/C12H15ClINOS/c1-8(7-17-2)6-15-12(16)9-3-4-11(14)10(13)5-9/h3-5,8H,6-7H2,1-2H3,(H,15,16). The highest BCUT2D eigenvalue weighted by molar-refractivity contribution is 14.1. The van der Waals surface area contributed by atoms with E-state index in [-0.39, 0.29) is 5.91 Å². The number of benzene rings is 1. The molecule has 2 nitrogen and oxygen atoms in total. The Morgan fingerprint density at radius 1 is 1.59 bits per heavy atom. The lowest BCUT2D eigenvalue weighted by Crippen LogP contribution is -2.29. The van der Waals surface area contributed by atoms with Crippen LogP contribution >= 0.6 is 46.0 Å². The van der Waals surface area contributed by atoms with Gasteiger partial charge in [-0.2, -0.15) is 11.8 Å². The summed E-state index contributed by atoms with van der Waals surface area (Å²) in [5, 5.41) is 3.54. The second-order valence-electron chi connectivity index (χ2n) is 3.90. The summed E-state index contributed by atoms with van der Waals surface area (Å²) in [5.41, 5.74) is 0.617. The van der Waals surface area contributed by atoms with Gasteiger partial charge in [0.2, 0.25) is 0 Å². The molecule has 1 unspecified atom stereocenters. The van der Waals surface area contributed by atoms with Gasteiger partial charge in [0.05, 0.1) is 5.02 Å². The molecular weight excluding hydrogens is 369 g/mol. The highest BCUT2D eigenvalue weighted by atomic mass is 127. The Morgan fingerprint density at radius 3 is 2.88 bits per heavy atom. The zero-order chi connectivity index (χ0) is 12.8. The third kappa shape index (κ3) is 5.06. The fourth-order valence-corrected chi connectivity index (χ4v) is 2.55. The summed E-state index contributed by atoms with van der Waals surface area (Å²) in [5.74, 6) is 1.47. The molecule has 1 N–H and O–H groups in total. The number of carbonyl (C=O) groups is 1. The SMILES string of the molecule is CSCC(C)CNC(=O)c1ccc(I)c(Cl)c1. The molecule has 0 bridgehead atoms. The molecule has 17 heavy (non-hydrogen) atoms. The predicted molar refractivity (Wildman–Crippen MR) is 84.0 cm³/mol. The Kier molecular flexibility index (Phi) is 6.66. The van der Waals surface area contributed by atoms with Gasteiger partial charge in [-0.15, -0.1) is 0 Å². The van der Waals surface area contributed by atoms with Gasteiger partial charge in [0.1, 0.15) is 0 Å². The van der Waals surface area contributed by atoms with Crippen molar-refractivity contribution in [1.29, 1.82) is 0 Å². The lowest BCUT2D eigenvalue weighted by atomic mass is 10.2. The number of halogens is 2. The van der Waals surface area contributed by atoms with Gasteiger partial charge in [0, 0.05) is 15.7 Å². The topological polar surface area (TPSA) is 29.1 Å². The second kappa shape index (κ2) is 7.48. The van der Waals surface area contributed by atoms with Gasteiger partial charge in [0.25, 0.3) is 5.91 Å². The fourth-order valence-electron chi connectivity index (χ4n) is 1.35. The van der Waals surface area contributed by atoms with E-state index in [9.17, 15) is 4.79 Å². The zero-order valence-electron chi connectivity index (χ0n) is 9.80. The van der Waals surface area contributed by atoms with Gasteiger partial charge in [-0.05, 0) is 58.7 Å². The van der Waals surface area contributed by atoms with Crippen LogP contribution in [-0.4, -0.2) is 24.5 Å². The molecule has 0 aliphatic heterocycles. The lowest BCUT2D eigenvalue weighted by Gasteiger charge is -2.11. The molecule has 0 saturated carbocycles. The minimum atomic E-state index is -0.0590. The number of thioether (sulfide) groups is 1. The molecule has 1 amide bonds. The molecule has 0 aliphatic rings. The van der Waals surface area contributed by atoms with Crippen LogP contribution in [0.5, 0.6) is 0 Å². The molecule has 94 valence electrons. The van der Waals surface area contributed by atoms with Crippen molar-refractivity contribution in [2.75, 3.05) is 18.6 Å². The minimum absolute atomic E-state index is 0.0590. The first-order chi connectivity index (χ1) is 8.04. The van der Waals surface area contributed by atoms with Gasteiger partial charge < -0.3 is 5.32 Å². The van der Waals surface area contributed by atoms with Crippen molar-refractivity contribution in [1.82, 2.24) is 5.32 Å². The Labute approximate surface area is 125 Å². The molecule has 1 aromatic carbocycles. The van der Waals surface area contributed by atoms with Crippen LogP contribution in [0.15, 0.2) is 18.2 Å². The van der Waals surface area contributed by atoms with Crippen LogP contribution in [0.2, 0.25) is 5.02 Å². The van der Waals surface area contributed by atoms with E-state index < -0.39 is 0 Å². The molecule has 1 aromatic rings. The number of rotatable bonds is 5. The van der Waals surface area contributed by atoms with E-state index in [1.54, 1.807) is 23.9 Å². The minimum Gasteiger partial charge on any atom is -0.352 e. The number of carbonyl (C=O) groups excluding carboxylic acids is 1. The molecule has 0 fully saturated rings. The van der Waals surface area contributed by atoms with Crippen LogP contribution in [0.4, 0.5) is 0 Å². The number of hydrogen-bond acceptors (Lipinski definition) is 2. The van der Waals surface area contributed by atoms with Crippen molar-refractivity contribution in [2.24, 2.45) is 5.92 Å². The van der Waals surface area contributed by atoms with Crippen molar-refractivity contribution < 1.29 is 4.79 Å². The summed E-state index contributed by atoms with van der Waals surface area (Å²) >= 11 is 9.91. The van der Waals surface area contributed by atoms with Crippen molar-refractivity contribution in [3.05, 3.63) is 32.4 Å². The predicted octanol–water partition coefficient (Wildman–Crippen LogP) is 3.67. The Bertz CT molecular complexity index is 400. The maximum Gasteiger partial charge on any atom is 0.251 e. The maximum absolute atomic E-state index is 11.8. The van der Waals surface area contributed by atoms with E-state index in [1.165, 1.54) is 0 Å². The Hall–Kier alpha value is 0.0600. The Morgan fingerprint density at radius 2 is 2.29 bits per heavy atom. The van der Waals surface area contributed by atoms with E-state index in [1.807, 2.05) is 6.07 Å². The van der Waals surface area contributed by atoms with E-state index in [4.69, 9.17) is 11.6 Å². The number of hydrogen-bond donors (Lipinski definition) is 1. The molecule has 0 aromatic heterocycles. The van der Waals surface area contributed by atoms with Gasteiger partial charge in [-0.3, -0.25) is 4.79 Å². The highest BCUT2D eigenvalue weighted by Gasteiger charge is 2.09. The molecular formula is C12H15ClINOS. The zero-order valence-corrected chi connectivity index (χ0v) is 13.5. The molecule has 0 heterocycles. The van der Waals surface area contributed by atoms with Gasteiger partial charge >= 0.3 is 0 Å². The molecule has 1 rings (SSSR count). The van der Waals surface area contributed by atoms with Gasteiger partial charge in [-0.25, -0.2) is 0 Å². The van der Waals surface area contributed by atoms with Gasteiger partial charge in [-0.1, -0.05) is 18.5 Å². The van der Waals surface area contributed by atoms with Crippen molar-refractivity contribution >= 4 is 51.9 Å². The molecule has 0 saturated heterocycles. The molecule has 1 atom stereocenters. The van der Waals surface area contributed by atoms with Crippen molar-refractivity contribution in [3.8, 4) is 0 Å². The van der Waals surface area contributed by atoms with Crippen LogP contribution in [0.3, 0.4) is 0 Å². The summed E-state index contributed by atoms with van der Waals surface area (Å²) < 4.78 is 0.955. The van der Waals surface area contributed by atoms with Crippen molar-refractivity contribution in [3.63, 3.8) is 0 Å². The normalized spacial score (nSPS) is 12.2. The third-order valence-corrected chi connectivity index (χ3v) is 4.72. The van der Waals surface area contributed by atoms with E-state index >= 15 is 0 Å². The smallest absolute Gasteiger partial charge is 0.251 e. The summed E-state index contributed by atoms with van der Waals surface area (Å²) in [6, 6.07) is 5.35. The summed E-state index contributed by atoms with van der Waals surface area (Å²) in [6.07, 6.45) is 2.07. The summed E-state index contributed by atoms with van der Waals surface area (Å²) in [6.45, 7) is 2.82. The van der Waals surface area contributed by atoms with Crippen molar-refractivity contribution in [2.45, 2.75) is 6.92 Å². The summed E-state index contributed by atoms with van der Waals surface area (Å²) in [7, 11) is 0. The number of amides is 1. The molecule has 5 heteroatoms. The van der Waals surface area contributed by atoms with Crippen LogP contribution < -0.4 is 5.32 Å². The van der Waals surface area contributed by atoms with E-state index in [2.05, 4.69) is 41.1 Å². The maximum atomic E-state index is 11.8. The Balaban J connectivity index is 2.55. The molecule has 0 spiro atoms. The lowest BCUT2D eigenvalue weighted by molar-refractivity contribution is 0.0949. The highest BCUT2D eigenvalue weighted by Crippen LogP contribution is 2.19. The van der Waals surface area contributed by atoms with Gasteiger partial charge in [0.15, 0.2) is 0 Å². The average Bonchev–Trinajstić information content (AvgIpc) is 2.30. The first-order valence-corrected chi connectivity index (χ1v) is 8.12. The number of nitrogens with one attached hydrogen (secondary N) is 1. The first kappa shape index (κ1) is 15.1. The fraction of sp³-hybridized carbons (Fsp3) is 0.417. The van der Waals surface area contributed by atoms with E-state index in [0.29, 0.717) is 23.0 Å². The quantitative estimate of drug-likeness (QED) is 0.786. The first-order valence-electron chi connectivity index (χ1n) is 5.26. The van der Waals surface area contributed by atoms with E-state index in [0.717, 1.165) is 9.32 Å². The monoisotopic (exact) mass is 383 g/mol. The van der Waals surface area contributed by atoms with Crippen LogP contribution in [0.25, 0.3) is 0 Å². The summed E-state index contributed by atoms with van der Waals surface area (Å²) in [4.78, 5) is 11.8. The molecule has 0 aliphatic carbocycles. The van der Waals surface area contributed by atoms with Crippen LogP contribution in [0, 0.1) is 9.49 Å². The second-order valence-corrected chi connectivity index (χ2v) is 6.38. The van der Waals surface area contributed by atoms with Crippen LogP contribution in [0.1, 0.15) is 17.3 Å².